The van der Waals surface area contributed by atoms with E-state index in [0.29, 0.717) is 5.56 Å². The highest BCUT2D eigenvalue weighted by atomic mass is 32.2. The maximum Gasteiger partial charge on any atom is 0.264 e. The smallest absolute Gasteiger partial charge is 0.264 e. The van der Waals surface area contributed by atoms with E-state index < -0.39 is 15.9 Å². The summed E-state index contributed by atoms with van der Waals surface area (Å²) < 4.78 is 26.2. The van der Waals surface area contributed by atoms with Crippen LogP contribution in [0.1, 0.15) is 17.3 Å². The first-order valence-electron chi connectivity index (χ1n) is 6.58. The van der Waals surface area contributed by atoms with Gasteiger partial charge in [0.25, 0.3) is 10.0 Å². The number of carbonyl (C=O) groups is 2. The van der Waals surface area contributed by atoms with E-state index in [4.69, 9.17) is 0 Å². The van der Waals surface area contributed by atoms with E-state index in [9.17, 15) is 18.0 Å². The number of hydrogen-bond acceptors (Lipinski definition) is 6. The molecule has 6 nitrogen and oxygen atoms in total. The van der Waals surface area contributed by atoms with Crippen molar-refractivity contribution in [2.75, 3.05) is 5.75 Å². The van der Waals surface area contributed by atoms with Crippen LogP contribution < -0.4 is 4.72 Å². The van der Waals surface area contributed by atoms with Crippen LogP contribution in [0.15, 0.2) is 58.6 Å². The van der Waals surface area contributed by atoms with Crippen molar-refractivity contribution in [2.45, 2.75) is 16.7 Å². The molecule has 1 amide bonds. The molecule has 0 aliphatic carbocycles. The van der Waals surface area contributed by atoms with Gasteiger partial charge in [-0.2, -0.15) is 0 Å². The van der Waals surface area contributed by atoms with Crippen LogP contribution in [0.25, 0.3) is 0 Å². The molecular formula is C15H14N2O4S2. The molecule has 0 unspecified atom stereocenters. The van der Waals surface area contributed by atoms with E-state index in [-0.39, 0.29) is 16.4 Å². The molecule has 0 fully saturated rings. The van der Waals surface area contributed by atoms with E-state index in [1.807, 2.05) is 4.72 Å². The summed E-state index contributed by atoms with van der Waals surface area (Å²) in [5.74, 6) is -0.816. The fraction of sp³-hybridized carbons (Fsp3) is 0.133. The van der Waals surface area contributed by atoms with Gasteiger partial charge in [-0.25, -0.2) is 13.1 Å². The van der Waals surface area contributed by atoms with Gasteiger partial charge >= 0.3 is 0 Å². The van der Waals surface area contributed by atoms with Gasteiger partial charge in [0, 0.05) is 22.9 Å². The van der Waals surface area contributed by atoms with Gasteiger partial charge < -0.3 is 0 Å². The number of ketones is 1. The van der Waals surface area contributed by atoms with Crippen LogP contribution in [0.3, 0.4) is 0 Å². The lowest BCUT2D eigenvalue weighted by atomic mass is 10.2. The van der Waals surface area contributed by atoms with Gasteiger partial charge in [-0.1, -0.05) is 12.1 Å². The van der Waals surface area contributed by atoms with Gasteiger partial charge in [-0.3, -0.25) is 14.6 Å². The molecular weight excluding hydrogens is 336 g/mol. The highest BCUT2D eigenvalue weighted by molar-refractivity contribution is 8.00. The normalized spacial score (nSPS) is 11.0. The number of sulfonamides is 1. The molecule has 0 bridgehead atoms. The van der Waals surface area contributed by atoms with Gasteiger partial charge in [0.2, 0.25) is 5.91 Å². The molecule has 2 aromatic rings. The van der Waals surface area contributed by atoms with E-state index >= 15 is 0 Å². The van der Waals surface area contributed by atoms with Crippen LogP contribution in [0.5, 0.6) is 0 Å². The Hall–Kier alpha value is -2.19. The van der Waals surface area contributed by atoms with E-state index in [1.165, 1.54) is 43.0 Å². The third-order valence-electron chi connectivity index (χ3n) is 2.84. The summed E-state index contributed by atoms with van der Waals surface area (Å²) in [6, 6.07) is 8.87. The standard InChI is InChI=1S/C15H14N2O4S2/c1-11(18)12-2-4-14(5-3-12)23(20,21)17-15(19)10-22-13-6-8-16-9-7-13/h2-9H,10H2,1H3,(H,17,19). The Balaban J connectivity index is 1.99. The Bertz CT molecular complexity index is 803. The predicted molar refractivity (Wildman–Crippen MR) is 86.7 cm³/mol. The summed E-state index contributed by atoms with van der Waals surface area (Å²) >= 11 is 1.21. The average Bonchev–Trinajstić information content (AvgIpc) is 2.53. The fourth-order valence-corrected chi connectivity index (χ4v) is 3.45. The molecule has 0 aliphatic rings. The number of nitrogens with one attached hydrogen (secondary N) is 1. The quantitative estimate of drug-likeness (QED) is 0.631. The van der Waals surface area contributed by atoms with Crippen molar-refractivity contribution in [1.29, 1.82) is 0 Å². The Morgan fingerprint density at radius 2 is 1.70 bits per heavy atom. The first-order valence-corrected chi connectivity index (χ1v) is 9.05. The Kier molecular flexibility index (Phi) is 5.51. The zero-order valence-corrected chi connectivity index (χ0v) is 13.9. The number of hydrogen-bond donors (Lipinski definition) is 1. The van der Waals surface area contributed by atoms with Gasteiger partial charge in [-0.05, 0) is 31.2 Å². The van der Waals surface area contributed by atoms with Crippen molar-refractivity contribution in [3.63, 3.8) is 0 Å². The lowest BCUT2D eigenvalue weighted by Gasteiger charge is -2.07. The molecule has 120 valence electrons. The predicted octanol–water partition coefficient (Wildman–Crippen LogP) is 1.88. The largest absolute Gasteiger partial charge is 0.295 e. The zero-order chi connectivity index (χ0) is 16.9. The summed E-state index contributed by atoms with van der Waals surface area (Å²) in [6.07, 6.45) is 3.18. The molecule has 0 saturated heterocycles. The van der Waals surface area contributed by atoms with Crippen molar-refractivity contribution in [1.82, 2.24) is 9.71 Å². The molecule has 1 aromatic carbocycles. The molecule has 23 heavy (non-hydrogen) atoms. The van der Waals surface area contributed by atoms with Gasteiger partial charge in [0.05, 0.1) is 10.6 Å². The molecule has 1 heterocycles. The molecule has 0 saturated carbocycles. The van der Waals surface area contributed by atoms with Gasteiger partial charge in [0.1, 0.15) is 0 Å². The molecule has 0 atom stereocenters. The minimum Gasteiger partial charge on any atom is -0.295 e. The first kappa shape index (κ1) is 17.2. The number of thioether (sulfide) groups is 1. The number of benzene rings is 1. The van der Waals surface area contributed by atoms with Crippen molar-refractivity contribution in [3.05, 3.63) is 54.4 Å². The molecule has 1 N–H and O–H groups in total. The number of nitrogens with zero attached hydrogens (tertiary/aromatic N) is 1. The number of Topliss-reactive ketones (excluding diaryl/α,β-unsaturated/α-hetero) is 1. The summed E-state index contributed by atoms with van der Waals surface area (Å²) in [4.78, 5) is 27.6. The Labute approximate surface area is 138 Å². The lowest BCUT2D eigenvalue weighted by molar-refractivity contribution is -0.116. The second-order valence-corrected chi connectivity index (χ2v) is 7.31. The molecule has 1 aromatic heterocycles. The SMILES string of the molecule is CC(=O)c1ccc(S(=O)(=O)NC(=O)CSc2ccncc2)cc1. The number of aromatic nitrogens is 1. The number of carbonyl (C=O) groups excluding carboxylic acids is 2. The summed E-state index contributed by atoms with van der Waals surface area (Å²) in [6.45, 7) is 1.39. The summed E-state index contributed by atoms with van der Waals surface area (Å²) in [5.41, 5.74) is 0.406. The van der Waals surface area contributed by atoms with E-state index in [2.05, 4.69) is 4.98 Å². The molecule has 0 spiro atoms. The van der Waals surface area contributed by atoms with Crippen molar-refractivity contribution in [2.24, 2.45) is 0 Å². The van der Waals surface area contributed by atoms with Crippen LogP contribution in [0.4, 0.5) is 0 Å². The molecule has 8 heteroatoms. The minimum absolute atomic E-state index is 0.0330. The molecule has 2 rings (SSSR count). The van der Waals surface area contributed by atoms with Crippen molar-refractivity contribution >= 4 is 33.5 Å². The fourth-order valence-electron chi connectivity index (χ4n) is 1.69. The maximum atomic E-state index is 12.1. The molecule has 0 radical (unpaired) electrons. The number of amides is 1. The molecule has 0 aliphatic heterocycles. The highest BCUT2D eigenvalue weighted by Gasteiger charge is 2.17. The van der Waals surface area contributed by atoms with Crippen molar-refractivity contribution in [3.8, 4) is 0 Å². The summed E-state index contributed by atoms with van der Waals surface area (Å²) in [7, 11) is -3.94. The van der Waals surface area contributed by atoms with E-state index in [0.717, 1.165) is 4.90 Å². The number of pyridine rings is 1. The monoisotopic (exact) mass is 350 g/mol. The first-order chi connectivity index (χ1) is 10.9. The Morgan fingerprint density at radius 1 is 1.09 bits per heavy atom. The second-order valence-electron chi connectivity index (χ2n) is 4.58. The summed E-state index contributed by atoms with van der Waals surface area (Å²) in [5, 5.41) is 0. The Morgan fingerprint density at radius 3 is 2.26 bits per heavy atom. The maximum absolute atomic E-state index is 12.1. The van der Waals surface area contributed by atoms with Gasteiger partial charge in [0.15, 0.2) is 5.78 Å². The number of rotatable bonds is 6. The third-order valence-corrected chi connectivity index (χ3v) is 5.24. The van der Waals surface area contributed by atoms with Crippen LogP contribution in [-0.2, 0) is 14.8 Å². The second kappa shape index (κ2) is 7.38. The van der Waals surface area contributed by atoms with Crippen LogP contribution in [-0.4, -0.2) is 30.8 Å². The average molecular weight is 350 g/mol. The van der Waals surface area contributed by atoms with E-state index in [1.54, 1.807) is 24.5 Å². The zero-order valence-electron chi connectivity index (χ0n) is 12.2. The minimum atomic E-state index is -3.94. The van der Waals surface area contributed by atoms with Crippen molar-refractivity contribution < 1.29 is 18.0 Å². The van der Waals surface area contributed by atoms with Crippen LogP contribution >= 0.6 is 11.8 Å². The topological polar surface area (TPSA) is 93.2 Å². The van der Waals surface area contributed by atoms with Gasteiger partial charge in [-0.15, -0.1) is 11.8 Å². The van der Waals surface area contributed by atoms with Crippen LogP contribution in [0, 0.1) is 0 Å². The lowest BCUT2D eigenvalue weighted by Crippen LogP contribution is -2.31. The highest BCUT2D eigenvalue weighted by Crippen LogP contribution is 2.16. The van der Waals surface area contributed by atoms with Crippen LogP contribution in [0.2, 0.25) is 0 Å². The third kappa shape index (κ3) is 4.90.